The van der Waals surface area contributed by atoms with Gasteiger partial charge < -0.3 is 9.88 Å². The summed E-state index contributed by atoms with van der Waals surface area (Å²) in [7, 11) is 0. The maximum atomic E-state index is 4.81. The van der Waals surface area contributed by atoms with Crippen LogP contribution < -0.4 is 5.32 Å². The summed E-state index contributed by atoms with van der Waals surface area (Å²) >= 11 is 0. The predicted molar refractivity (Wildman–Crippen MR) is 105 cm³/mol. The van der Waals surface area contributed by atoms with E-state index in [4.69, 9.17) is 5.10 Å². The lowest BCUT2D eigenvalue weighted by molar-refractivity contribution is 0.585. The van der Waals surface area contributed by atoms with Gasteiger partial charge >= 0.3 is 0 Å². The van der Waals surface area contributed by atoms with Crippen molar-refractivity contribution in [2.75, 3.05) is 6.54 Å². The fraction of sp³-hybridized carbons (Fsp3) is 0.300. The Hall–Kier alpha value is -3.26. The van der Waals surface area contributed by atoms with E-state index >= 15 is 0 Å². The Morgan fingerprint density at radius 3 is 2.89 bits per heavy atom. The molecule has 0 spiro atoms. The fourth-order valence-electron chi connectivity index (χ4n) is 3.70. The van der Waals surface area contributed by atoms with Crippen LogP contribution in [-0.4, -0.2) is 40.6 Å². The third kappa shape index (κ3) is 3.01. The van der Waals surface area contributed by atoms with Crippen LogP contribution in [0.1, 0.15) is 30.6 Å². The average molecular weight is 374 g/mol. The highest BCUT2D eigenvalue weighted by Gasteiger charge is 2.18. The molecule has 1 aliphatic rings. The third-order valence-corrected chi connectivity index (χ3v) is 5.27. The maximum Gasteiger partial charge on any atom is 0.161 e. The van der Waals surface area contributed by atoms with E-state index in [0.717, 1.165) is 43.3 Å². The molecule has 0 saturated carbocycles. The van der Waals surface area contributed by atoms with Crippen LogP contribution in [0.5, 0.6) is 0 Å². The molecule has 0 fully saturated rings. The van der Waals surface area contributed by atoms with Gasteiger partial charge in [0.25, 0.3) is 0 Å². The lowest BCUT2D eigenvalue weighted by Crippen LogP contribution is -2.11. The van der Waals surface area contributed by atoms with E-state index in [1.165, 1.54) is 17.6 Å². The van der Waals surface area contributed by atoms with Crippen molar-refractivity contribution in [3.63, 3.8) is 0 Å². The minimum atomic E-state index is 0.141. The van der Waals surface area contributed by atoms with Gasteiger partial charge in [-0.05, 0) is 43.7 Å². The number of hydrogen-bond acceptors (Lipinski definition) is 5. The molecule has 4 aromatic rings. The van der Waals surface area contributed by atoms with Crippen molar-refractivity contribution in [3.05, 3.63) is 66.6 Å². The van der Waals surface area contributed by atoms with E-state index in [0.29, 0.717) is 0 Å². The summed E-state index contributed by atoms with van der Waals surface area (Å²) < 4.78 is 6.04. The van der Waals surface area contributed by atoms with Gasteiger partial charge in [-0.2, -0.15) is 10.2 Å². The summed E-state index contributed by atoms with van der Waals surface area (Å²) in [6, 6.07) is 10.7. The molecule has 0 bridgehead atoms. The molecule has 1 atom stereocenters. The zero-order chi connectivity index (χ0) is 18.9. The monoisotopic (exact) mass is 374 g/mol. The molecule has 5 rings (SSSR count). The number of rotatable bonds is 4. The number of nitrogens with one attached hydrogen (secondary N) is 1. The van der Waals surface area contributed by atoms with Crippen LogP contribution in [0.3, 0.4) is 0 Å². The molecule has 28 heavy (non-hydrogen) atoms. The number of aryl methyl sites for hydroxylation is 1. The fourth-order valence-corrected chi connectivity index (χ4v) is 3.70. The highest BCUT2D eigenvalue weighted by Crippen LogP contribution is 2.26. The summed E-state index contributed by atoms with van der Waals surface area (Å²) in [5, 5.41) is 12.4. The summed E-state index contributed by atoms with van der Waals surface area (Å²) in [6.07, 6.45) is 8.20. The maximum absolute atomic E-state index is 4.81. The van der Waals surface area contributed by atoms with Crippen molar-refractivity contribution in [2.45, 2.75) is 32.5 Å². The number of hydrogen-bond donors (Lipinski definition) is 1. The lowest BCUT2D eigenvalue weighted by atomic mass is 10.1. The zero-order valence-corrected chi connectivity index (χ0v) is 15.7. The van der Waals surface area contributed by atoms with E-state index in [2.05, 4.69) is 66.9 Å². The van der Waals surface area contributed by atoms with E-state index < -0.39 is 0 Å². The second-order valence-electron chi connectivity index (χ2n) is 7.04. The molecular formula is C20H22N8. The van der Waals surface area contributed by atoms with Crippen LogP contribution in [0.2, 0.25) is 0 Å². The molecule has 0 saturated heterocycles. The number of aromatic nitrogens is 7. The van der Waals surface area contributed by atoms with Gasteiger partial charge in [0, 0.05) is 25.5 Å². The normalized spacial score (nSPS) is 15.2. The molecule has 1 aliphatic heterocycles. The second-order valence-corrected chi connectivity index (χ2v) is 7.04. The van der Waals surface area contributed by atoms with Crippen LogP contribution in [-0.2, 0) is 13.1 Å². The predicted octanol–water partition coefficient (Wildman–Crippen LogP) is 2.43. The third-order valence-electron chi connectivity index (χ3n) is 5.27. The van der Waals surface area contributed by atoms with Crippen LogP contribution in [0.4, 0.5) is 0 Å². The molecule has 0 amide bonds. The molecule has 0 aliphatic carbocycles. The summed E-state index contributed by atoms with van der Waals surface area (Å²) in [6.45, 7) is 5.02. The van der Waals surface area contributed by atoms with Gasteiger partial charge in [-0.25, -0.2) is 14.6 Å². The van der Waals surface area contributed by atoms with Gasteiger partial charge in [-0.3, -0.25) is 4.68 Å². The Kier molecular flexibility index (Phi) is 4.25. The Morgan fingerprint density at radius 1 is 1.18 bits per heavy atom. The first-order valence-corrected chi connectivity index (χ1v) is 9.55. The minimum absolute atomic E-state index is 0.141. The van der Waals surface area contributed by atoms with E-state index in [9.17, 15) is 0 Å². The molecule has 3 aromatic heterocycles. The van der Waals surface area contributed by atoms with E-state index in [1.54, 1.807) is 11.0 Å². The summed E-state index contributed by atoms with van der Waals surface area (Å²) in [5.41, 5.74) is 4.33. The van der Waals surface area contributed by atoms with Gasteiger partial charge in [-0.15, -0.1) is 0 Å². The average Bonchev–Trinajstić information content (AvgIpc) is 3.47. The number of imidazole rings is 1. The number of benzene rings is 1. The summed E-state index contributed by atoms with van der Waals surface area (Å²) in [5.74, 6) is 0.897. The highest BCUT2D eigenvalue weighted by molar-refractivity contribution is 5.51. The Bertz CT molecular complexity index is 1030. The number of fused-ring (bicyclic) bond motifs is 1. The van der Waals surface area contributed by atoms with Crippen LogP contribution in [0.15, 0.2) is 55.4 Å². The molecule has 8 heteroatoms. The standard InChI is InChI=1S/C20H22N8/c1-15(16-3-5-17(6-4-16)28-14-22-13-24-28)26-10-8-23-20(26)19-11-18-12-21-7-2-9-27(18)25-19/h3-6,8,10-11,13-15,21H,2,7,9,12H2,1H3/t15-/m0/s1. The Balaban J connectivity index is 1.44. The molecule has 0 unspecified atom stereocenters. The first-order valence-electron chi connectivity index (χ1n) is 9.55. The van der Waals surface area contributed by atoms with Crippen molar-refractivity contribution >= 4 is 0 Å². The van der Waals surface area contributed by atoms with Crippen molar-refractivity contribution in [1.29, 1.82) is 0 Å². The van der Waals surface area contributed by atoms with Gasteiger partial charge in [0.15, 0.2) is 5.82 Å². The van der Waals surface area contributed by atoms with Gasteiger partial charge in [0.05, 0.1) is 17.4 Å². The number of nitrogens with zero attached hydrogens (tertiary/aromatic N) is 7. The van der Waals surface area contributed by atoms with Crippen LogP contribution in [0, 0.1) is 0 Å². The van der Waals surface area contributed by atoms with Gasteiger partial charge in [0.2, 0.25) is 0 Å². The molecular weight excluding hydrogens is 352 g/mol. The highest BCUT2D eigenvalue weighted by atomic mass is 15.3. The largest absolute Gasteiger partial charge is 0.322 e. The Morgan fingerprint density at radius 2 is 2.07 bits per heavy atom. The Labute approximate surface area is 162 Å². The SMILES string of the molecule is C[C@@H](c1ccc(-n2cncn2)cc1)n1ccnc1-c1cc2n(n1)CCCNC2. The first kappa shape index (κ1) is 16.9. The van der Waals surface area contributed by atoms with Crippen LogP contribution in [0.25, 0.3) is 17.2 Å². The lowest BCUT2D eigenvalue weighted by Gasteiger charge is -2.16. The van der Waals surface area contributed by atoms with Crippen molar-refractivity contribution in [1.82, 2.24) is 39.4 Å². The smallest absolute Gasteiger partial charge is 0.161 e. The van der Waals surface area contributed by atoms with Crippen LogP contribution >= 0.6 is 0 Å². The molecule has 1 N–H and O–H groups in total. The van der Waals surface area contributed by atoms with E-state index in [-0.39, 0.29) is 6.04 Å². The summed E-state index contributed by atoms with van der Waals surface area (Å²) in [4.78, 5) is 8.60. The van der Waals surface area contributed by atoms with Crippen molar-refractivity contribution in [3.8, 4) is 17.2 Å². The van der Waals surface area contributed by atoms with Gasteiger partial charge in [-0.1, -0.05) is 12.1 Å². The zero-order valence-electron chi connectivity index (χ0n) is 15.7. The van der Waals surface area contributed by atoms with E-state index in [1.807, 2.05) is 12.4 Å². The first-order chi connectivity index (χ1) is 13.8. The topological polar surface area (TPSA) is 78.4 Å². The van der Waals surface area contributed by atoms with Gasteiger partial charge in [0.1, 0.15) is 18.3 Å². The molecule has 142 valence electrons. The minimum Gasteiger partial charge on any atom is -0.322 e. The molecule has 8 nitrogen and oxygen atoms in total. The molecule has 0 radical (unpaired) electrons. The quantitative estimate of drug-likeness (QED) is 0.594. The molecule has 1 aromatic carbocycles. The second kappa shape index (κ2) is 7.05. The van der Waals surface area contributed by atoms with Crippen molar-refractivity contribution in [2.24, 2.45) is 0 Å². The molecule has 4 heterocycles. The van der Waals surface area contributed by atoms with Crippen molar-refractivity contribution < 1.29 is 0 Å².